The zero-order chi connectivity index (χ0) is 17.2. The third kappa shape index (κ3) is 3.47. The van der Waals surface area contributed by atoms with Crippen molar-refractivity contribution >= 4 is 17.7 Å². The maximum absolute atomic E-state index is 13.9. The third-order valence-electron chi connectivity index (χ3n) is 4.34. The van der Waals surface area contributed by atoms with E-state index in [0.29, 0.717) is 29.8 Å². The molecule has 1 aromatic carbocycles. The number of aliphatic hydroxyl groups is 1. The van der Waals surface area contributed by atoms with Gasteiger partial charge in [-0.05, 0) is 43.4 Å². The Balaban J connectivity index is 1.73. The molecule has 0 aliphatic carbocycles. The Hall–Kier alpha value is -1.86. The molecule has 3 rings (SSSR count). The Kier molecular flexibility index (Phi) is 4.91. The van der Waals surface area contributed by atoms with E-state index in [1.165, 1.54) is 16.9 Å². The molecule has 2 heterocycles. The number of carbonyl (C=O) groups is 1. The molecule has 128 valence electrons. The van der Waals surface area contributed by atoms with Crippen LogP contribution in [-0.4, -0.2) is 44.4 Å². The van der Waals surface area contributed by atoms with Crippen LogP contribution in [0, 0.1) is 12.7 Å². The van der Waals surface area contributed by atoms with E-state index in [4.69, 9.17) is 0 Å². The predicted octanol–water partition coefficient (Wildman–Crippen LogP) is 2.31. The van der Waals surface area contributed by atoms with Crippen LogP contribution in [-0.2, 0) is 0 Å². The van der Waals surface area contributed by atoms with Crippen LogP contribution in [0.5, 0.6) is 0 Å². The molecular weight excluding hydrogens is 329 g/mol. The number of benzene rings is 1. The molecule has 2 N–H and O–H groups in total. The highest BCUT2D eigenvalue weighted by Crippen LogP contribution is 2.26. The lowest BCUT2D eigenvalue weighted by Crippen LogP contribution is -2.45. The van der Waals surface area contributed by atoms with Crippen LogP contribution < -0.4 is 5.32 Å². The molecule has 0 atom stereocenters. The van der Waals surface area contributed by atoms with Crippen LogP contribution in [0.2, 0.25) is 0 Å². The number of thioether (sulfide) groups is 1. The van der Waals surface area contributed by atoms with E-state index < -0.39 is 11.4 Å². The van der Waals surface area contributed by atoms with Gasteiger partial charge in [0.2, 0.25) is 0 Å². The van der Waals surface area contributed by atoms with Crippen LogP contribution in [0.15, 0.2) is 30.5 Å². The van der Waals surface area contributed by atoms with Gasteiger partial charge in [0.15, 0.2) is 0 Å². The zero-order valence-corrected chi connectivity index (χ0v) is 14.3. The largest absolute Gasteiger partial charge is 0.388 e. The summed E-state index contributed by atoms with van der Waals surface area (Å²) in [4.78, 5) is 12.4. The van der Waals surface area contributed by atoms with Crippen molar-refractivity contribution < 1.29 is 14.3 Å². The molecule has 0 unspecified atom stereocenters. The van der Waals surface area contributed by atoms with Gasteiger partial charge in [-0.15, -0.1) is 0 Å². The molecule has 0 bridgehead atoms. The number of halogens is 1. The first-order valence-corrected chi connectivity index (χ1v) is 9.03. The molecule has 24 heavy (non-hydrogen) atoms. The minimum atomic E-state index is -0.837. The number of amides is 1. The number of nitrogens with zero attached hydrogens (tertiary/aromatic N) is 2. The van der Waals surface area contributed by atoms with E-state index >= 15 is 0 Å². The molecule has 1 aliphatic rings. The Morgan fingerprint density at radius 3 is 2.83 bits per heavy atom. The summed E-state index contributed by atoms with van der Waals surface area (Å²) in [7, 11) is 0. The molecule has 0 radical (unpaired) electrons. The summed E-state index contributed by atoms with van der Waals surface area (Å²) in [6.07, 6.45) is 2.77. The lowest BCUT2D eigenvalue weighted by Gasteiger charge is -2.31. The molecular formula is C17H20FN3O2S. The smallest absolute Gasteiger partial charge is 0.254 e. The Bertz CT molecular complexity index is 741. The summed E-state index contributed by atoms with van der Waals surface area (Å²) in [6.45, 7) is 1.94. The summed E-state index contributed by atoms with van der Waals surface area (Å²) in [5.41, 5.74) is 0.406. The average Bonchev–Trinajstić information content (AvgIpc) is 2.95. The maximum Gasteiger partial charge on any atom is 0.254 e. The molecule has 2 aromatic rings. The third-order valence-corrected chi connectivity index (χ3v) is 5.32. The summed E-state index contributed by atoms with van der Waals surface area (Å²) >= 11 is 1.81. The van der Waals surface area contributed by atoms with Crippen LogP contribution >= 0.6 is 11.8 Å². The number of hydrogen-bond acceptors (Lipinski definition) is 4. The van der Waals surface area contributed by atoms with Gasteiger partial charge in [-0.3, -0.25) is 4.79 Å². The molecule has 0 saturated carbocycles. The lowest BCUT2D eigenvalue weighted by molar-refractivity contribution is 0.0311. The molecule has 1 aliphatic heterocycles. The fourth-order valence-corrected chi connectivity index (χ4v) is 4.02. The number of para-hydroxylation sites is 1. The van der Waals surface area contributed by atoms with E-state index in [0.717, 1.165) is 11.5 Å². The molecule has 1 fully saturated rings. The summed E-state index contributed by atoms with van der Waals surface area (Å²) in [5.74, 6) is 1.10. The molecule has 1 aromatic heterocycles. The average molecular weight is 349 g/mol. The van der Waals surface area contributed by atoms with Crippen molar-refractivity contribution in [3.8, 4) is 5.69 Å². The van der Waals surface area contributed by atoms with E-state index in [9.17, 15) is 14.3 Å². The number of carbonyl (C=O) groups excluding carboxylic acids is 1. The molecule has 1 amide bonds. The Morgan fingerprint density at radius 1 is 1.42 bits per heavy atom. The van der Waals surface area contributed by atoms with E-state index in [-0.39, 0.29) is 12.5 Å². The minimum absolute atomic E-state index is 0.219. The number of aromatic nitrogens is 2. The van der Waals surface area contributed by atoms with Crippen molar-refractivity contribution in [1.29, 1.82) is 0 Å². The number of nitrogens with one attached hydrogen (secondary N) is 1. The van der Waals surface area contributed by atoms with Crippen LogP contribution in [0.4, 0.5) is 4.39 Å². The van der Waals surface area contributed by atoms with Gasteiger partial charge in [0, 0.05) is 6.54 Å². The first-order valence-electron chi connectivity index (χ1n) is 7.88. The van der Waals surface area contributed by atoms with E-state index in [2.05, 4.69) is 10.4 Å². The fourth-order valence-electron chi connectivity index (χ4n) is 2.77. The predicted molar refractivity (Wildman–Crippen MR) is 92.1 cm³/mol. The van der Waals surface area contributed by atoms with Gasteiger partial charge < -0.3 is 10.4 Å². The van der Waals surface area contributed by atoms with E-state index in [1.807, 2.05) is 11.8 Å². The van der Waals surface area contributed by atoms with Crippen LogP contribution in [0.25, 0.3) is 5.69 Å². The van der Waals surface area contributed by atoms with Crippen molar-refractivity contribution in [1.82, 2.24) is 15.1 Å². The summed E-state index contributed by atoms with van der Waals surface area (Å²) < 4.78 is 15.3. The van der Waals surface area contributed by atoms with Gasteiger partial charge in [-0.2, -0.15) is 16.9 Å². The van der Waals surface area contributed by atoms with Crippen LogP contribution in [0.3, 0.4) is 0 Å². The van der Waals surface area contributed by atoms with Crippen LogP contribution in [0.1, 0.15) is 28.9 Å². The van der Waals surface area contributed by atoms with Gasteiger partial charge in [-0.25, -0.2) is 9.07 Å². The summed E-state index contributed by atoms with van der Waals surface area (Å²) in [5, 5.41) is 17.4. The van der Waals surface area contributed by atoms with E-state index in [1.54, 1.807) is 25.1 Å². The normalized spacial score (nSPS) is 16.8. The quantitative estimate of drug-likeness (QED) is 0.889. The second kappa shape index (κ2) is 6.94. The van der Waals surface area contributed by atoms with Crippen molar-refractivity contribution in [2.75, 3.05) is 18.1 Å². The molecule has 7 heteroatoms. The second-order valence-electron chi connectivity index (χ2n) is 6.03. The van der Waals surface area contributed by atoms with Gasteiger partial charge >= 0.3 is 0 Å². The Morgan fingerprint density at radius 2 is 2.12 bits per heavy atom. The van der Waals surface area contributed by atoms with Crippen molar-refractivity contribution in [3.05, 3.63) is 47.5 Å². The van der Waals surface area contributed by atoms with Gasteiger partial charge in [-0.1, -0.05) is 12.1 Å². The standard InChI is InChI=1S/C17H20FN3O2S/c1-12-13(10-20-21(12)15-5-3-2-4-14(15)18)16(22)19-11-17(23)6-8-24-9-7-17/h2-5,10,23H,6-9,11H2,1H3,(H,19,22). The minimum Gasteiger partial charge on any atom is -0.388 e. The number of hydrogen-bond donors (Lipinski definition) is 2. The fraction of sp³-hybridized carbons (Fsp3) is 0.412. The molecule has 0 spiro atoms. The Labute approximate surface area is 144 Å². The van der Waals surface area contributed by atoms with Gasteiger partial charge in [0.25, 0.3) is 5.91 Å². The first-order chi connectivity index (χ1) is 11.5. The van der Waals surface area contributed by atoms with Crippen molar-refractivity contribution in [3.63, 3.8) is 0 Å². The number of rotatable bonds is 4. The zero-order valence-electron chi connectivity index (χ0n) is 13.5. The lowest BCUT2D eigenvalue weighted by atomic mass is 9.97. The molecule has 1 saturated heterocycles. The van der Waals surface area contributed by atoms with Gasteiger partial charge in [0.05, 0.1) is 23.1 Å². The topological polar surface area (TPSA) is 67.2 Å². The molecule has 5 nitrogen and oxygen atoms in total. The SMILES string of the molecule is Cc1c(C(=O)NCC2(O)CCSCC2)cnn1-c1ccccc1F. The maximum atomic E-state index is 13.9. The van der Waals surface area contributed by atoms with Crippen molar-refractivity contribution in [2.24, 2.45) is 0 Å². The second-order valence-corrected chi connectivity index (χ2v) is 7.25. The highest BCUT2D eigenvalue weighted by molar-refractivity contribution is 7.99. The summed E-state index contributed by atoms with van der Waals surface area (Å²) in [6, 6.07) is 6.29. The van der Waals surface area contributed by atoms with Crippen molar-refractivity contribution in [2.45, 2.75) is 25.4 Å². The first kappa shape index (κ1) is 17.0. The highest BCUT2D eigenvalue weighted by Gasteiger charge is 2.30. The van der Waals surface area contributed by atoms with Gasteiger partial charge in [0.1, 0.15) is 11.5 Å². The highest BCUT2D eigenvalue weighted by atomic mass is 32.2. The monoisotopic (exact) mass is 349 g/mol.